The van der Waals surface area contributed by atoms with Gasteiger partial charge in [0.2, 0.25) is 0 Å². The molecule has 0 unspecified atom stereocenters. The molecule has 1 aromatic rings. The molecule has 4 nitrogen and oxygen atoms in total. The lowest BCUT2D eigenvalue weighted by atomic mass is 10.3. The highest BCUT2D eigenvalue weighted by molar-refractivity contribution is 5.96. The Morgan fingerprint density at radius 2 is 2.42 bits per heavy atom. The first kappa shape index (κ1) is 8.50. The molecule has 1 heterocycles. The summed E-state index contributed by atoms with van der Waals surface area (Å²) in [7, 11) is 1.67. The molecular formula is C8H9N3O. The minimum absolute atomic E-state index is 0.0251. The van der Waals surface area contributed by atoms with E-state index in [0.717, 1.165) is 0 Å². The van der Waals surface area contributed by atoms with Crippen LogP contribution in [-0.2, 0) is 7.05 Å². The van der Waals surface area contributed by atoms with Gasteiger partial charge in [0.1, 0.15) is 11.8 Å². The second-order valence-corrected chi connectivity index (χ2v) is 2.40. The molecule has 1 aromatic heterocycles. The third-order valence-electron chi connectivity index (χ3n) is 1.71. The van der Waals surface area contributed by atoms with Crippen molar-refractivity contribution in [2.75, 3.05) is 6.54 Å². The Hall–Kier alpha value is -1.60. The van der Waals surface area contributed by atoms with E-state index in [1.54, 1.807) is 19.2 Å². The zero-order chi connectivity index (χ0) is 9.14. The molecule has 12 heavy (non-hydrogen) atoms. The van der Waals surface area contributed by atoms with Crippen LogP contribution in [0.1, 0.15) is 16.2 Å². The molecule has 0 saturated heterocycles. The molecular weight excluding hydrogens is 154 g/mol. The monoisotopic (exact) mass is 163 g/mol. The van der Waals surface area contributed by atoms with Gasteiger partial charge in [-0.25, -0.2) is 0 Å². The van der Waals surface area contributed by atoms with E-state index in [1.807, 2.05) is 6.07 Å². The van der Waals surface area contributed by atoms with E-state index in [-0.39, 0.29) is 12.3 Å². The van der Waals surface area contributed by atoms with E-state index in [4.69, 9.17) is 11.0 Å². The van der Waals surface area contributed by atoms with Crippen LogP contribution in [0.5, 0.6) is 0 Å². The zero-order valence-corrected chi connectivity index (χ0v) is 6.74. The highest BCUT2D eigenvalue weighted by atomic mass is 16.1. The van der Waals surface area contributed by atoms with Crippen LogP contribution in [0.3, 0.4) is 0 Å². The molecule has 0 aromatic carbocycles. The SMILES string of the molecule is Cn1c(C#N)ccc1C(=O)CN. The predicted molar refractivity (Wildman–Crippen MR) is 43.5 cm³/mol. The molecule has 0 aliphatic carbocycles. The summed E-state index contributed by atoms with van der Waals surface area (Å²) >= 11 is 0. The van der Waals surface area contributed by atoms with Crippen LogP contribution >= 0.6 is 0 Å². The molecule has 0 saturated carbocycles. The fourth-order valence-corrected chi connectivity index (χ4v) is 1.01. The molecule has 0 bridgehead atoms. The van der Waals surface area contributed by atoms with E-state index in [1.165, 1.54) is 4.57 Å². The predicted octanol–water partition coefficient (Wildman–Crippen LogP) is 0.0382. The Balaban J connectivity index is 3.12. The van der Waals surface area contributed by atoms with Crippen LogP contribution in [0.15, 0.2) is 12.1 Å². The van der Waals surface area contributed by atoms with Gasteiger partial charge < -0.3 is 10.3 Å². The normalized spacial score (nSPS) is 9.42. The summed E-state index contributed by atoms with van der Waals surface area (Å²) < 4.78 is 1.54. The summed E-state index contributed by atoms with van der Waals surface area (Å²) in [5.41, 5.74) is 6.12. The van der Waals surface area contributed by atoms with Gasteiger partial charge in [-0.1, -0.05) is 0 Å². The smallest absolute Gasteiger partial charge is 0.192 e. The zero-order valence-electron chi connectivity index (χ0n) is 6.74. The number of hydrogen-bond donors (Lipinski definition) is 1. The number of ketones is 1. The maximum Gasteiger partial charge on any atom is 0.192 e. The molecule has 62 valence electrons. The summed E-state index contributed by atoms with van der Waals surface area (Å²) in [6, 6.07) is 5.17. The quantitative estimate of drug-likeness (QED) is 0.625. The van der Waals surface area contributed by atoms with Crippen LogP contribution in [0.2, 0.25) is 0 Å². The van der Waals surface area contributed by atoms with E-state index in [2.05, 4.69) is 0 Å². The van der Waals surface area contributed by atoms with Gasteiger partial charge in [-0.3, -0.25) is 4.79 Å². The standard InChI is InChI=1S/C8H9N3O/c1-11-6(4-9)2-3-7(11)8(12)5-10/h2-3H,5,10H2,1H3. The molecule has 2 N–H and O–H groups in total. The van der Waals surface area contributed by atoms with E-state index >= 15 is 0 Å². The number of aromatic nitrogens is 1. The Morgan fingerprint density at radius 1 is 1.75 bits per heavy atom. The third kappa shape index (κ3) is 1.22. The summed E-state index contributed by atoms with van der Waals surface area (Å²) in [6.45, 7) is -0.0251. The van der Waals surface area contributed by atoms with Gasteiger partial charge in [0, 0.05) is 7.05 Å². The van der Waals surface area contributed by atoms with E-state index in [9.17, 15) is 4.79 Å². The molecule has 0 aliphatic heterocycles. The van der Waals surface area contributed by atoms with Crippen molar-refractivity contribution < 1.29 is 4.79 Å². The van der Waals surface area contributed by atoms with Gasteiger partial charge in [-0.2, -0.15) is 5.26 Å². The molecule has 0 radical (unpaired) electrons. The minimum atomic E-state index is -0.154. The van der Waals surface area contributed by atoms with Crippen molar-refractivity contribution in [3.63, 3.8) is 0 Å². The van der Waals surface area contributed by atoms with Crippen molar-refractivity contribution >= 4 is 5.78 Å². The molecule has 0 aliphatic rings. The summed E-state index contributed by atoms with van der Waals surface area (Å²) in [5.74, 6) is -0.154. The Labute approximate surface area is 70.2 Å². The van der Waals surface area contributed by atoms with E-state index < -0.39 is 0 Å². The lowest BCUT2D eigenvalue weighted by Crippen LogP contribution is -2.16. The fraction of sp³-hybridized carbons (Fsp3) is 0.250. The second-order valence-electron chi connectivity index (χ2n) is 2.40. The second kappa shape index (κ2) is 3.20. The third-order valence-corrected chi connectivity index (χ3v) is 1.71. The van der Waals surface area contributed by atoms with Crippen molar-refractivity contribution in [1.82, 2.24) is 4.57 Å². The van der Waals surface area contributed by atoms with E-state index in [0.29, 0.717) is 11.4 Å². The van der Waals surface area contributed by atoms with Crippen LogP contribution in [0.4, 0.5) is 0 Å². The van der Waals surface area contributed by atoms with Gasteiger partial charge in [-0.05, 0) is 12.1 Å². The van der Waals surface area contributed by atoms with Gasteiger partial charge in [0.15, 0.2) is 5.78 Å². The van der Waals surface area contributed by atoms with Crippen molar-refractivity contribution in [3.8, 4) is 6.07 Å². The summed E-state index contributed by atoms with van der Waals surface area (Å²) in [5, 5.41) is 8.57. The number of rotatable bonds is 2. The average molecular weight is 163 g/mol. The highest BCUT2D eigenvalue weighted by Gasteiger charge is 2.09. The topological polar surface area (TPSA) is 71.8 Å². The first-order chi connectivity index (χ1) is 5.70. The number of nitriles is 1. The van der Waals surface area contributed by atoms with Gasteiger partial charge >= 0.3 is 0 Å². The summed E-state index contributed by atoms with van der Waals surface area (Å²) in [4.78, 5) is 11.1. The minimum Gasteiger partial charge on any atom is -0.333 e. The van der Waals surface area contributed by atoms with Gasteiger partial charge in [0.25, 0.3) is 0 Å². The largest absolute Gasteiger partial charge is 0.333 e. The average Bonchev–Trinajstić information content (AvgIpc) is 2.45. The molecule has 0 spiro atoms. The van der Waals surface area contributed by atoms with Crippen molar-refractivity contribution in [2.45, 2.75) is 0 Å². The molecule has 0 amide bonds. The van der Waals surface area contributed by atoms with Crippen LogP contribution in [-0.4, -0.2) is 16.9 Å². The molecule has 0 fully saturated rings. The first-order valence-corrected chi connectivity index (χ1v) is 3.49. The van der Waals surface area contributed by atoms with Gasteiger partial charge in [-0.15, -0.1) is 0 Å². The maximum atomic E-state index is 11.1. The van der Waals surface area contributed by atoms with Crippen LogP contribution < -0.4 is 5.73 Å². The Bertz CT molecular complexity index is 346. The number of carbonyl (C=O) groups excluding carboxylic acids is 1. The maximum absolute atomic E-state index is 11.1. The number of nitrogens with zero attached hydrogens (tertiary/aromatic N) is 2. The van der Waals surface area contributed by atoms with Crippen LogP contribution in [0.25, 0.3) is 0 Å². The van der Waals surface area contributed by atoms with Crippen molar-refractivity contribution in [3.05, 3.63) is 23.5 Å². The number of Topliss-reactive ketones (excluding diaryl/α,β-unsaturated/α-hetero) is 1. The lowest BCUT2D eigenvalue weighted by molar-refractivity contribution is 0.0993. The van der Waals surface area contributed by atoms with Crippen LogP contribution in [0, 0.1) is 11.3 Å². The summed E-state index contributed by atoms with van der Waals surface area (Å²) in [6.07, 6.45) is 0. The molecule has 0 atom stereocenters. The lowest BCUT2D eigenvalue weighted by Gasteiger charge is -1.99. The Kier molecular flexibility index (Phi) is 2.26. The molecule has 4 heteroatoms. The van der Waals surface area contributed by atoms with Gasteiger partial charge in [0.05, 0.1) is 12.2 Å². The Morgan fingerprint density at radius 3 is 2.83 bits per heavy atom. The number of nitrogens with two attached hydrogens (primary N) is 1. The number of carbonyl (C=O) groups is 1. The highest BCUT2D eigenvalue weighted by Crippen LogP contribution is 2.05. The van der Waals surface area contributed by atoms with Crippen molar-refractivity contribution in [2.24, 2.45) is 12.8 Å². The van der Waals surface area contributed by atoms with Crippen molar-refractivity contribution in [1.29, 1.82) is 5.26 Å². The number of hydrogen-bond acceptors (Lipinski definition) is 3. The first-order valence-electron chi connectivity index (χ1n) is 3.49. The fourth-order valence-electron chi connectivity index (χ4n) is 1.01. The molecule has 1 rings (SSSR count).